The first-order valence-electron chi connectivity index (χ1n) is 4.34. The van der Waals surface area contributed by atoms with Crippen LogP contribution in [0.2, 0.25) is 0 Å². The predicted octanol–water partition coefficient (Wildman–Crippen LogP) is 1.32. The lowest BCUT2D eigenvalue weighted by atomic mass is 10.3. The lowest BCUT2D eigenvalue weighted by molar-refractivity contribution is 0.377. The summed E-state index contributed by atoms with van der Waals surface area (Å²) in [6, 6.07) is 10.1. The molecule has 8 heteroatoms. The van der Waals surface area contributed by atoms with Gasteiger partial charge in [-0.25, -0.2) is 0 Å². The number of anilines is 1. The van der Waals surface area contributed by atoms with E-state index in [1.165, 1.54) is 0 Å². The molecule has 0 amide bonds. The quantitative estimate of drug-likeness (QED) is 0.615. The molecule has 1 rings (SSSR count). The first-order valence-corrected chi connectivity index (χ1v) is 7.70. The molecule has 1 unspecified atom stereocenters. The summed E-state index contributed by atoms with van der Waals surface area (Å²) in [7, 11) is -5.33. The van der Waals surface area contributed by atoms with Crippen molar-refractivity contribution in [2.45, 2.75) is 0 Å². The van der Waals surface area contributed by atoms with Crippen LogP contribution in [0.3, 0.4) is 0 Å². The molecule has 0 aliphatic carbocycles. The molecule has 1 aromatic carbocycles. The van der Waals surface area contributed by atoms with Gasteiger partial charge in [0.2, 0.25) is 8.03 Å². The maximum absolute atomic E-state index is 9.80. The van der Waals surface area contributed by atoms with E-state index in [0.29, 0.717) is 0 Å². The first kappa shape index (κ1) is 15.4. The first-order chi connectivity index (χ1) is 7.35. The summed E-state index contributed by atoms with van der Waals surface area (Å²) < 4.78 is 19.5. The second-order valence-electron chi connectivity index (χ2n) is 2.83. The highest BCUT2D eigenvalue weighted by Crippen LogP contribution is 2.42. The van der Waals surface area contributed by atoms with Crippen molar-refractivity contribution in [2.75, 3.05) is 18.3 Å². The zero-order valence-corrected chi connectivity index (χ0v) is 10.6. The molecule has 0 bridgehead atoms. The highest BCUT2D eigenvalue weighted by atomic mass is 31.2. The van der Waals surface area contributed by atoms with Gasteiger partial charge in [-0.05, 0) is 12.1 Å². The molecule has 0 spiro atoms. The Hall–Kier alpha value is -0.640. The van der Waals surface area contributed by atoms with Gasteiger partial charge in [-0.3, -0.25) is 9.13 Å². The van der Waals surface area contributed by atoms with E-state index in [9.17, 15) is 9.13 Å². The number of benzene rings is 1. The molecule has 4 N–H and O–H groups in total. The molecule has 0 aliphatic rings. The highest BCUT2D eigenvalue weighted by molar-refractivity contribution is 7.64. The van der Waals surface area contributed by atoms with Crippen molar-refractivity contribution in [3.8, 4) is 0 Å². The van der Waals surface area contributed by atoms with Crippen LogP contribution in [0.1, 0.15) is 0 Å². The minimum absolute atomic E-state index is 0.905. The molecule has 0 radical (unpaired) electrons. The maximum Gasteiger partial charge on any atom is 0.334 e. The molecule has 0 heterocycles. The van der Waals surface area contributed by atoms with Crippen LogP contribution in [0, 0.1) is 0 Å². The highest BCUT2D eigenvalue weighted by Gasteiger charge is 2.15. The van der Waals surface area contributed by atoms with Gasteiger partial charge in [0.15, 0.2) is 0 Å². The van der Waals surface area contributed by atoms with Gasteiger partial charge >= 0.3 is 7.60 Å². The second-order valence-corrected chi connectivity index (χ2v) is 6.21. The Morgan fingerprint density at radius 1 is 1.31 bits per heavy atom. The Bertz CT molecular complexity index is 364. The van der Waals surface area contributed by atoms with Crippen LogP contribution in [0.25, 0.3) is 0 Å². The minimum atomic E-state index is -4.24. The van der Waals surface area contributed by atoms with Crippen LogP contribution in [0.15, 0.2) is 30.3 Å². The number of hydrogen-bond donors (Lipinski definition) is 4. The summed E-state index contributed by atoms with van der Waals surface area (Å²) in [5, 5.41) is 3.03. The smallest absolute Gasteiger partial charge is 0.334 e. The number of rotatable bonds is 3. The fraction of sp³-hybridized carbons (Fsp3) is 0.250. The van der Waals surface area contributed by atoms with Crippen molar-refractivity contribution in [3.05, 3.63) is 30.3 Å². The summed E-state index contributed by atoms with van der Waals surface area (Å²) in [4.78, 5) is 23.9. The maximum atomic E-state index is 9.80. The van der Waals surface area contributed by atoms with Crippen LogP contribution in [-0.2, 0) is 9.13 Å². The van der Waals surface area contributed by atoms with Crippen molar-refractivity contribution in [1.82, 2.24) is 0 Å². The van der Waals surface area contributed by atoms with E-state index >= 15 is 0 Å². The zero-order valence-electron chi connectivity index (χ0n) is 8.70. The molecular weight excluding hydrogens is 252 g/mol. The minimum Gasteiger partial charge on any atom is -0.388 e. The summed E-state index contributed by atoms with van der Waals surface area (Å²) in [5.74, 6) is -0.905. The van der Waals surface area contributed by atoms with E-state index in [4.69, 9.17) is 14.7 Å². The predicted molar refractivity (Wildman–Crippen MR) is 64.1 cm³/mol. The number of hydrogen-bond acceptors (Lipinski definition) is 3. The fourth-order valence-electron chi connectivity index (χ4n) is 0.781. The van der Waals surface area contributed by atoms with Gasteiger partial charge in [-0.15, -0.1) is 0 Å². The third-order valence-electron chi connectivity index (χ3n) is 1.40. The van der Waals surface area contributed by atoms with E-state index < -0.39 is 21.5 Å². The van der Waals surface area contributed by atoms with Crippen molar-refractivity contribution in [3.63, 3.8) is 0 Å². The van der Waals surface area contributed by atoms with Gasteiger partial charge in [0, 0.05) is 12.7 Å². The normalized spacial score (nSPS) is 12.2. The Labute approximate surface area is 94.4 Å². The Balaban J connectivity index is 0.000000281. The summed E-state index contributed by atoms with van der Waals surface area (Å²) in [5.41, 5.74) is 1.16. The number of nitrogens with one attached hydrogen (secondary N) is 1. The molecule has 0 saturated heterocycles. The van der Waals surface area contributed by atoms with Crippen molar-refractivity contribution in [1.29, 1.82) is 0 Å². The van der Waals surface area contributed by atoms with Crippen molar-refractivity contribution >= 4 is 21.3 Å². The third-order valence-corrected chi connectivity index (χ3v) is 4.13. The fourth-order valence-corrected chi connectivity index (χ4v) is 2.19. The zero-order chi connectivity index (χ0) is 12.6. The standard InChI is InChI=1S/C7H9N.CH6O5P2/c1-8-7-5-3-2-4-6-7;2-7(3)1-8(4,5)6/h2-6,8H,1H3;7H,1H2,(H,2,3)(H2,4,5,6). The largest absolute Gasteiger partial charge is 0.388 e. The van der Waals surface area contributed by atoms with E-state index in [0.717, 1.165) is 5.69 Å². The molecule has 16 heavy (non-hydrogen) atoms. The van der Waals surface area contributed by atoms with E-state index in [2.05, 4.69) is 5.32 Å². The van der Waals surface area contributed by atoms with E-state index in [1.807, 2.05) is 37.4 Å². The summed E-state index contributed by atoms with van der Waals surface area (Å²) in [6.07, 6.45) is 0. The lowest BCUT2D eigenvalue weighted by Gasteiger charge is -1.96. The Kier molecular flexibility index (Phi) is 7.30. The van der Waals surface area contributed by atoms with Crippen LogP contribution < -0.4 is 5.32 Å². The molecule has 0 saturated carbocycles. The molecular formula is C8H15NO5P2. The Morgan fingerprint density at radius 3 is 2.00 bits per heavy atom. The van der Waals surface area contributed by atoms with E-state index in [-0.39, 0.29) is 0 Å². The van der Waals surface area contributed by atoms with Crippen LogP contribution in [0.4, 0.5) is 5.69 Å². The molecule has 0 aliphatic heterocycles. The van der Waals surface area contributed by atoms with Gasteiger partial charge in [-0.1, -0.05) is 18.2 Å². The third kappa shape index (κ3) is 9.90. The number of para-hydroxylation sites is 1. The molecule has 0 aromatic heterocycles. The van der Waals surface area contributed by atoms with Crippen LogP contribution >= 0.6 is 15.6 Å². The van der Waals surface area contributed by atoms with Crippen molar-refractivity contribution in [2.24, 2.45) is 0 Å². The second kappa shape index (κ2) is 7.60. The molecule has 1 aromatic rings. The topological polar surface area (TPSA) is 107 Å². The van der Waals surface area contributed by atoms with Gasteiger partial charge in [0.1, 0.15) is 5.90 Å². The molecule has 6 nitrogen and oxygen atoms in total. The molecule has 92 valence electrons. The van der Waals surface area contributed by atoms with Gasteiger partial charge < -0.3 is 20.0 Å². The van der Waals surface area contributed by atoms with Gasteiger partial charge in [0.05, 0.1) is 0 Å². The van der Waals surface area contributed by atoms with Crippen LogP contribution in [-0.4, -0.2) is 27.6 Å². The molecule has 0 fully saturated rings. The summed E-state index contributed by atoms with van der Waals surface area (Å²) >= 11 is 0. The molecule has 1 atom stereocenters. The van der Waals surface area contributed by atoms with E-state index in [1.54, 1.807) is 0 Å². The summed E-state index contributed by atoms with van der Waals surface area (Å²) in [6.45, 7) is 0. The SMILES string of the molecule is CNc1ccccc1.O=[PH](O)CP(=O)(O)O. The Morgan fingerprint density at radius 2 is 1.81 bits per heavy atom. The van der Waals surface area contributed by atoms with Crippen LogP contribution in [0.5, 0.6) is 0 Å². The lowest BCUT2D eigenvalue weighted by Crippen LogP contribution is -1.84. The van der Waals surface area contributed by atoms with Crippen molar-refractivity contribution < 1.29 is 23.8 Å². The monoisotopic (exact) mass is 267 g/mol. The average Bonchev–Trinajstić information content (AvgIpc) is 2.16. The van der Waals surface area contributed by atoms with Gasteiger partial charge in [0.25, 0.3) is 0 Å². The average molecular weight is 267 g/mol. The van der Waals surface area contributed by atoms with Gasteiger partial charge in [-0.2, -0.15) is 0 Å².